The van der Waals surface area contributed by atoms with Gasteiger partial charge < -0.3 is 5.32 Å². The molecular formula is C14H18N4OS. The van der Waals surface area contributed by atoms with Crippen molar-refractivity contribution in [3.8, 4) is 0 Å². The van der Waals surface area contributed by atoms with Gasteiger partial charge in [0.2, 0.25) is 5.91 Å². The van der Waals surface area contributed by atoms with Crippen molar-refractivity contribution in [2.45, 2.75) is 26.4 Å². The van der Waals surface area contributed by atoms with E-state index in [4.69, 9.17) is 0 Å². The molecule has 0 saturated carbocycles. The molecule has 1 N–H and O–H groups in total. The normalized spacial score (nSPS) is 12.4. The Bertz CT molecular complexity index is 570. The van der Waals surface area contributed by atoms with Gasteiger partial charge in [-0.15, -0.1) is 11.3 Å². The van der Waals surface area contributed by atoms with Crippen LogP contribution in [0.3, 0.4) is 0 Å². The van der Waals surface area contributed by atoms with Gasteiger partial charge in [0.1, 0.15) is 10.8 Å². The number of aryl methyl sites for hydroxylation is 1. The lowest BCUT2D eigenvalue weighted by atomic mass is 10.2. The summed E-state index contributed by atoms with van der Waals surface area (Å²) >= 11 is 1.61. The van der Waals surface area contributed by atoms with E-state index in [0.29, 0.717) is 12.4 Å². The Morgan fingerprint density at radius 2 is 2.30 bits per heavy atom. The van der Waals surface area contributed by atoms with Crippen molar-refractivity contribution in [1.29, 1.82) is 0 Å². The first kappa shape index (κ1) is 14.6. The molecule has 0 spiro atoms. The van der Waals surface area contributed by atoms with Gasteiger partial charge in [-0.3, -0.25) is 9.69 Å². The molecule has 2 heterocycles. The molecule has 0 unspecified atom stereocenters. The summed E-state index contributed by atoms with van der Waals surface area (Å²) in [6, 6.07) is 5.18. The van der Waals surface area contributed by atoms with E-state index in [9.17, 15) is 4.79 Å². The standard InChI is InChI=1S/C14H18N4OS/c1-10-9-20-13(16-10)8-18(3)11(2)14(19)17-12-6-4-5-7-15-12/h4-7,9,11H,8H2,1-3H3,(H,15,17,19)/t11-/m1/s1. The van der Waals surface area contributed by atoms with E-state index in [1.807, 2.05) is 43.3 Å². The molecule has 0 aliphatic rings. The van der Waals surface area contributed by atoms with Crippen LogP contribution in [0.4, 0.5) is 5.82 Å². The molecule has 1 atom stereocenters. The largest absolute Gasteiger partial charge is 0.309 e. The van der Waals surface area contributed by atoms with Gasteiger partial charge in [-0.1, -0.05) is 6.07 Å². The second-order valence-corrected chi connectivity index (χ2v) is 5.62. The fourth-order valence-electron chi connectivity index (χ4n) is 1.69. The quantitative estimate of drug-likeness (QED) is 0.918. The van der Waals surface area contributed by atoms with Crippen LogP contribution in [0, 0.1) is 6.92 Å². The zero-order chi connectivity index (χ0) is 14.5. The van der Waals surface area contributed by atoms with Crippen LogP contribution in [0.5, 0.6) is 0 Å². The Kier molecular flexibility index (Phi) is 4.81. The Hall–Kier alpha value is -1.79. The fourth-order valence-corrected chi connectivity index (χ4v) is 2.53. The average molecular weight is 290 g/mol. The second kappa shape index (κ2) is 6.58. The Balaban J connectivity index is 1.92. The SMILES string of the molecule is Cc1csc(CN(C)[C@H](C)C(=O)Nc2ccccn2)n1. The first-order chi connectivity index (χ1) is 9.56. The highest BCUT2D eigenvalue weighted by molar-refractivity contribution is 7.09. The van der Waals surface area contributed by atoms with Crippen molar-refractivity contribution >= 4 is 23.1 Å². The van der Waals surface area contributed by atoms with E-state index in [1.165, 1.54) is 0 Å². The number of aromatic nitrogens is 2. The first-order valence-electron chi connectivity index (χ1n) is 6.39. The van der Waals surface area contributed by atoms with Crippen LogP contribution in [0.1, 0.15) is 17.6 Å². The number of hydrogen-bond donors (Lipinski definition) is 1. The van der Waals surface area contributed by atoms with Crippen LogP contribution < -0.4 is 5.32 Å². The number of nitrogens with zero attached hydrogens (tertiary/aromatic N) is 3. The van der Waals surface area contributed by atoms with E-state index >= 15 is 0 Å². The van der Waals surface area contributed by atoms with Crippen LogP contribution >= 0.6 is 11.3 Å². The monoisotopic (exact) mass is 290 g/mol. The highest BCUT2D eigenvalue weighted by atomic mass is 32.1. The minimum atomic E-state index is -0.249. The lowest BCUT2D eigenvalue weighted by Crippen LogP contribution is -2.39. The van der Waals surface area contributed by atoms with E-state index < -0.39 is 0 Å². The molecule has 0 aliphatic carbocycles. The Labute approximate surface area is 122 Å². The predicted molar refractivity (Wildman–Crippen MR) is 80.6 cm³/mol. The lowest BCUT2D eigenvalue weighted by Gasteiger charge is -2.22. The average Bonchev–Trinajstić information content (AvgIpc) is 2.84. The van der Waals surface area contributed by atoms with Gasteiger partial charge >= 0.3 is 0 Å². The molecule has 20 heavy (non-hydrogen) atoms. The van der Waals surface area contributed by atoms with E-state index in [0.717, 1.165) is 10.7 Å². The smallest absolute Gasteiger partial charge is 0.242 e. The van der Waals surface area contributed by atoms with Gasteiger partial charge in [-0.2, -0.15) is 0 Å². The predicted octanol–water partition coefficient (Wildman–Crippen LogP) is 2.31. The molecule has 1 amide bonds. The summed E-state index contributed by atoms with van der Waals surface area (Å²) in [5, 5.41) is 5.84. The zero-order valence-corrected chi connectivity index (χ0v) is 12.6. The van der Waals surface area contributed by atoms with Gasteiger partial charge in [0, 0.05) is 17.3 Å². The molecule has 106 valence electrons. The molecule has 0 aliphatic heterocycles. The number of carbonyl (C=O) groups excluding carboxylic acids is 1. The third-order valence-electron chi connectivity index (χ3n) is 3.01. The summed E-state index contributed by atoms with van der Waals surface area (Å²) < 4.78 is 0. The van der Waals surface area contributed by atoms with Crippen molar-refractivity contribution < 1.29 is 4.79 Å². The van der Waals surface area contributed by atoms with Crippen molar-refractivity contribution in [2.24, 2.45) is 0 Å². The van der Waals surface area contributed by atoms with E-state index in [1.54, 1.807) is 23.6 Å². The number of likely N-dealkylation sites (N-methyl/N-ethyl adjacent to an activating group) is 1. The molecular weight excluding hydrogens is 272 g/mol. The van der Waals surface area contributed by atoms with Crippen LogP contribution in [0.25, 0.3) is 0 Å². The summed E-state index contributed by atoms with van der Waals surface area (Å²) in [4.78, 5) is 22.6. The molecule has 5 nitrogen and oxygen atoms in total. The molecule has 2 aromatic rings. The van der Waals surface area contributed by atoms with Crippen LogP contribution in [-0.2, 0) is 11.3 Å². The number of amides is 1. The van der Waals surface area contributed by atoms with Gasteiger partial charge in [-0.05, 0) is 33.0 Å². The summed E-state index contributed by atoms with van der Waals surface area (Å²) in [6.07, 6.45) is 1.66. The van der Waals surface area contributed by atoms with Gasteiger partial charge in [0.25, 0.3) is 0 Å². The number of pyridine rings is 1. The fraction of sp³-hybridized carbons (Fsp3) is 0.357. The highest BCUT2D eigenvalue weighted by Crippen LogP contribution is 2.13. The topological polar surface area (TPSA) is 58.1 Å². The molecule has 6 heteroatoms. The highest BCUT2D eigenvalue weighted by Gasteiger charge is 2.19. The molecule has 2 rings (SSSR count). The maximum Gasteiger partial charge on any atom is 0.242 e. The summed E-state index contributed by atoms with van der Waals surface area (Å²) in [5.41, 5.74) is 1.02. The number of rotatable bonds is 5. The molecule has 0 radical (unpaired) electrons. The Morgan fingerprint density at radius 1 is 1.50 bits per heavy atom. The number of hydrogen-bond acceptors (Lipinski definition) is 5. The Morgan fingerprint density at radius 3 is 2.90 bits per heavy atom. The number of carbonyl (C=O) groups is 1. The summed E-state index contributed by atoms with van der Waals surface area (Å²) in [7, 11) is 1.92. The number of anilines is 1. The number of nitrogens with one attached hydrogen (secondary N) is 1. The van der Waals surface area contributed by atoms with Crippen molar-refractivity contribution in [3.05, 3.63) is 40.5 Å². The third kappa shape index (κ3) is 3.85. The van der Waals surface area contributed by atoms with Crippen molar-refractivity contribution in [2.75, 3.05) is 12.4 Å². The summed E-state index contributed by atoms with van der Waals surface area (Å²) in [5.74, 6) is 0.502. The van der Waals surface area contributed by atoms with Crippen LogP contribution in [0.2, 0.25) is 0 Å². The maximum absolute atomic E-state index is 12.1. The van der Waals surface area contributed by atoms with E-state index in [-0.39, 0.29) is 11.9 Å². The maximum atomic E-state index is 12.1. The van der Waals surface area contributed by atoms with Gasteiger partial charge in [-0.25, -0.2) is 9.97 Å². The molecule has 0 saturated heterocycles. The minimum Gasteiger partial charge on any atom is -0.309 e. The van der Waals surface area contributed by atoms with Gasteiger partial charge in [0.05, 0.1) is 12.6 Å². The minimum absolute atomic E-state index is 0.0699. The van der Waals surface area contributed by atoms with Gasteiger partial charge in [0.15, 0.2) is 0 Å². The first-order valence-corrected chi connectivity index (χ1v) is 7.27. The second-order valence-electron chi connectivity index (χ2n) is 4.68. The zero-order valence-electron chi connectivity index (χ0n) is 11.8. The molecule has 2 aromatic heterocycles. The molecule has 0 fully saturated rings. The van der Waals surface area contributed by atoms with Crippen molar-refractivity contribution in [1.82, 2.24) is 14.9 Å². The molecule has 0 aromatic carbocycles. The number of thiazole rings is 1. The van der Waals surface area contributed by atoms with Crippen molar-refractivity contribution in [3.63, 3.8) is 0 Å². The molecule has 0 bridgehead atoms. The van der Waals surface area contributed by atoms with Crippen LogP contribution in [0.15, 0.2) is 29.8 Å². The lowest BCUT2D eigenvalue weighted by molar-refractivity contribution is -0.120. The summed E-state index contributed by atoms with van der Waals surface area (Å²) in [6.45, 7) is 4.51. The van der Waals surface area contributed by atoms with E-state index in [2.05, 4.69) is 15.3 Å². The van der Waals surface area contributed by atoms with Crippen LogP contribution in [-0.4, -0.2) is 33.9 Å². The third-order valence-corrected chi connectivity index (χ3v) is 3.96.